The third-order valence-electron chi connectivity index (χ3n) is 4.95. The molecule has 1 aromatic heterocycles. The van der Waals surface area contributed by atoms with Crippen molar-refractivity contribution in [3.8, 4) is 0 Å². The first-order chi connectivity index (χ1) is 10.5. The van der Waals surface area contributed by atoms with E-state index in [1.165, 1.54) is 18.7 Å². The molecule has 1 aromatic rings. The highest BCUT2D eigenvalue weighted by Crippen LogP contribution is 2.39. The number of nitrogens with one attached hydrogen (secondary N) is 1. The molecule has 7 heteroatoms. The number of hydrogen-bond donors (Lipinski definition) is 3. The number of amides is 2. The molecule has 6 nitrogen and oxygen atoms in total. The van der Waals surface area contributed by atoms with E-state index in [1.807, 2.05) is 0 Å². The predicted octanol–water partition coefficient (Wildman–Crippen LogP) is 1.24. The van der Waals surface area contributed by atoms with Gasteiger partial charge in [-0.3, -0.25) is 14.6 Å². The van der Waals surface area contributed by atoms with Crippen LogP contribution in [0, 0.1) is 11.8 Å². The lowest BCUT2D eigenvalue weighted by Crippen LogP contribution is -2.53. The van der Waals surface area contributed by atoms with Gasteiger partial charge in [-0.25, -0.2) is 0 Å². The molecule has 2 aliphatic rings. The van der Waals surface area contributed by atoms with Crippen molar-refractivity contribution < 1.29 is 9.59 Å². The van der Waals surface area contributed by atoms with Crippen molar-refractivity contribution in [2.24, 2.45) is 23.3 Å². The second-order valence-corrected chi connectivity index (χ2v) is 6.48. The third-order valence-corrected chi connectivity index (χ3v) is 4.95. The Balaban J connectivity index is 0.00000192. The van der Waals surface area contributed by atoms with Crippen LogP contribution in [0.15, 0.2) is 18.3 Å². The summed E-state index contributed by atoms with van der Waals surface area (Å²) < 4.78 is 0. The van der Waals surface area contributed by atoms with E-state index in [0.717, 1.165) is 25.7 Å². The largest absolute Gasteiger partial charge is 0.366 e. The summed E-state index contributed by atoms with van der Waals surface area (Å²) in [6, 6.07) is 3.52. The van der Waals surface area contributed by atoms with Crippen LogP contribution in [0.1, 0.15) is 53.0 Å². The van der Waals surface area contributed by atoms with Crippen molar-refractivity contribution in [1.82, 2.24) is 10.3 Å². The number of nitrogens with zero attached hydrogens (tertiary/aromatic N) is 1. The lowest BCUT2D eigenvalue weighted by Gasteiger charge is -2.45. The molecule has 0 aromatic carbocycles. The number of carbonyl (C=O) groups excluding carboxylic acids is 2. The summed E-state index contributed by atoms with van der Waals surface area (Å²) in [6.45, 7) is 0. The fourth-order valence-electron chi connectivity index (χ4n) is 3.92. The topological polar surface area (TPSA) is 111 Å². The van der Waals surface area contributed by atoms with Crippen LogP contribution in [0.5, 0.6) is 0 Å². The van der Waals surface area contributed by atoms with Gasteiger partial charge in [0.05, 0.1) is 5.56 Å². The van der Waals surface area contributed by atoms with Gasteiger partial charge in [-0.15, -0.1) is 12.4 Å². The summed E-state index contributed by atoms with van der Waals surface area (Å²) in [5.74, 6) is 0.205. The first kappa shape index (κ1) is 17.7. The number of hydrogen-bond acceptors (Lipinski definition) is 4. The van der Waals surface area contributed by atoms with Gasteiger partial charge in [0.1, 0.15) is 5.69 Å². The van der Waals surface area contributed by atoms with Gasteiger partial charge < -0.3 is 16.8 Å². The molecule has 0 aliphatic heterocycles. The Labute approximate surface area is 141 Å². The number of carbonyl (C=O) groups is 2. The molecular weight excluding hydrogens is 316 g/mol. The summed E-state index contributed by atoms with van der Waals surface area (Å²) >= 11 is 0. The molecule has 2 amide bonds. The highest BCUT2D eigenvalue weighted by atomic mass is 35.5. The zero-order valence-corrected chi connectivity index (χ0v) is 13.7. The molecule has 2 bridgehead atoms. The Kier molecular flexibility index (Phi) is 5.59. The van der Waals surface area contributed by atoms with E-state index in [4.69, 9.17) is 11.5 Å². The molecule has 2 saturated carbocycles. The molecule has 3 rings (SSSR count). The Hall–Kier alpha value is -1.66. The number of pyridine rings is 1. The van der Waals surface area contributed by atoms with Crippen LogP contribution < -0.4 is 16.8 Å². The second kappa shape index (κ2) is 7.27. The van der Waals surface area contributed by atoms with Gasteiger partial charge in [-0.2, -0.15) is 0 Å². The van der Waals surface area contributed by atoms with Gasteiger partial charge >= 0.3 is 0 Å². The van der Waals surface area contributed by atoms with Gasteiger partial charge in [-0.05, 0) is 49.7 Å². The minimum Gasteiger partial charge on any atom is -0.366 e. The summed E-state index contributed by atoms with van der Waals surface area (Å²) in [4.78, 5) is 27.5. The normalized spacial score (nSPS) is 29.3. The predicted molar refractivity (Wildman–Crippen MR) is 89.3 cm³/mol. The number of nitrogens with two attached hydrogens (primary N) is 2. The van der Waals surface area contributed by atoms with E-state index < -0.39 is 5.91 Å². The first-order valence-corrected chi connectivity index (χ1v) is 7.87. The average Bonchev–Trinajstić information content (AvgIpc) is 2.48. The molecule has 2 aliphatic carbocycles. The molecular formula is C16H23ClN4O2. The fourth-order valence-corrected chi connectivity index (χ4v) is 3.92. The van der Waals surface area contributed by atoms with Crippen molar-refractivity contribution in [2.75, 3.05) is 0 Å². The van der Waals surface area contributed by atoms with E-state index in [2.05, 4.69) is 10.3 Å². The standard InChI is InChI=1S/C16H22N4O2.ClH/c17-12-6-9-2-1-3-10(7-12)14(9)20-16(22)13-5-4-11(8-19-13)15(18)21;/h4-5,8-10,12,14H,1-3,6-7,17H2,(H2,18,21)(H,20,22);1H. The summed E-state index contributed by atoms with van der Waals surface area (Å²) in [7, 11) is 0. The zero-order chi connectivity index (χ0) is 15.7. The number of halogens is 1. The third kappa shape index (κ3) is 3.82. The average molecular weight is 339 g/mol. The summed E-state index contributed by atoms with van der Waals surface area (Å²) in [6.07, 6.45) is 6.78. The maximum Gasteiger partial charge on any atom is 0.270 e. The van der Waals surface area contributed by atoms with Gasteiger partial charge in [0, 0.05) is 18.3 Å². The van der Waals surface area contributed by atoms with Crippen LogP contribution in [0.3, 0.4) is 0 Å². The van der Waals surface area contributed by atoms with Crippen LogP contribution >= 0.6 is 12.4 Å². The monoisotopic (exact) mass is 338 g/mol. The second-order valence-electron chi connectivity index (χ2n) is 6.48. The number of rotatable bonds is 3. The van der Waals surface area contributed by atoms with Crippen LogP contribution in [0.25, 0.3) is 0 Å². The maximum absolute atomic E-state index is 12.4. The summed E-state index contributed by atoms with van der Waals surface area (Å²) in [5.41, 5.74) is 11.9. The smallest absolute Gasteiger partial charge is 0.270 e. The number of fused-ring (bicyclic) bond motifs is 2. The Morgan fingerprint density at radius 3 is 2.35 bits per heavy atom. The van der Waals surface area contributed by atoms with Gasteiger partial charge in [0.15, 0.2) is 0 Å². The van der Waals surface area contributed by atoms with Gasteiger partial charge in [-0.1, -0.05) is 6.42 Å². The van der Waals surface area contributed by atoms with E-state index in [-0.39, 0.29) is 30.4 Å². The van der Waals surface area contributed by atoms with Crippen molar-refractivity contribution >= 4 is 24.2 Å². The molecule has 126 valence electrons. The summed E-state index contributed by atoms with van der Waals surface area (Å²) in [5, 5.41) is 3.13. The minimum absolute atomic E-state index is 0. The van der Waals surface area contributed by atoms with E-state index in [0.29, 0.717) is 23.1 Å². The van der Waals surface area contributed by atoms with Crippen molar-refractivity contribution in [1.29, 1.82) is 0 Å². The molecule has 0 saturated heterocycles. The van der Waals surface area contributed by atoms with Crippen LogP contribution in [0.2, 0.25) is 0 Å². The molecule has 23 heavy (non-hydrogen) atoms. The molecule has 1 heterocycles. The lowest BCUT2D eigenvalue weighted by atomic mass is 9.67. The highest BCUT2D eigenvalue weighted by molar-refractivity contribution is 5.95. The van der Waals surface area contributed by atoms with Crippen LogP contribution in [-0.4, -0.2) is 28.9 Å². The lowest BCUT2D eigenvalue weighted by molar-refractivity contribution is 0.0751. The van der Waals surface area contributed by atoms with Gasteiger partial charge in [0.25, 0.3) is 5.91 Å². The molecule has 0 spiro atoms. The quantitative estimate of drug-likeness (QED) is 0.769. The van der Waals surface area contributed by atoms with Crippen molar-refractivity contribution in [3.05, 3.63) is 29.6 Å². The van der Waals surface area contributed by atoms with E-state index in [9.17, 15) is 9.59 Å². The molecule has 2 fully saturated rings. The maximum atomic E-state index is 12.4. The minimum atomic E-state index is -0.546. The fraction of sp³-hybridized carbons (Fsp3) is 0.562. The molecule has 2 unspecified atom stereocenters. The number of primary amides is 1. The van der Waals surface area contributed by atoms with Crippen molar-refractivity contribution in [2.45, 2.75) is 44.2 Å². The molecule has 0 radical (unpaired) electrons. The Morgan fingerprint density at radius 1 is 1.17 bits per heavy atom. The van der Waals surface area contributed by atoms with Crippen LogP contribution in [0.4, 0.5) is 0 Å². The Bertz CT molecular complexity index is 564. The highest BCUT2D eigenvalue weighted by Gasteiger charge is 2.40. The van der Waals surface area contributed by atoms with E-state index >= 15 is 0 Å². The van der Waals surface area contributed by atoms with E-state index in [1.54, 1.807) is 6.07 Å². The van der Waals surface area contributed by atoms with Gasteiger partial charge in [0.2, 0.25) is 5.91 Å². The first-order valence-electron chi connectivity index (χ1n) is 7.87. The Morgan fingerprint density at radius 2 is 1.83 bits per heavy atom. The SMILES string of the molecule is Cl.NC(=O)c1ccc(C(=O)NC2C3CCCC2CC(N)C3)nc1. The number of aromatic nitrogens is 1. The molecule has 2 atom stereocenters. The van der Waals surface area contributed by atoms with Crippen LogP contribution in [-0.2, 0) is 0 Å². The van der Waals surface area contributed by atoms with Crippen molar-refractivity contribution in [3.63, 3.8) is 0 Å². The molecule has 5 N–H and O–H groups in total. The zero-order valence-electron chi connectivity index (χ0n) is 12.9.